The average Bonchev–Trinajstić information content (AvgIpc) is 3.66. The first kappa shape index (κ1) is 30.4. The molecule has 3 aromatic carbocycles. The van der Waals surface area contributed by atoms with Crippen molar-refractivity contribution in [3.8, 4) is 5.69 Å². The summed E-state index contributed by atoms with van der Waals surface area (Å²) in [4.78, 5) is 3.68. The molecule has 0 spiro atoms. The lowest BCUT2D eigenvalue weighted by Crippen LogP contribution is -2.28. The maximum absolute atomic E-state index is 4.52. The van der Waals surface area contributed by atoms with Crippen LogP contribution in [0.4, 0.5) is 11.4 Å². The van der Waals surface area contributed by atoms with Crippen LogP contribution >= 0.6 is 11.8 Å². The molecule has 0 radical (unpaired) electrons. The number of hydrogen-bond acceptors (Lipinski definition) is 5. The van der Waals surface area contributed by atoms with Crippen LogP contribution in [0.15, 0.2) is 118 Å². The van der Waals surface area contributed by atoms with Crippen molar-refractivity contribution in [3.05, 3.63) is 124 Å². The molecule has 2 aliphatic heterocycles. The second kappa shape index (κ2) is 11.8. The van der Waals surface area contributed by atoms with Crippen LogP contribution in [-0.2, 0) is 10.8 Å². The summed E-state index contributed by atoms with van der Waals surface area (Å²) in [5.41, 5.74) is 12.0. The monoisotopic (exact) mass is 627 g/mol. The Kier molecular flexibility index (Phi) is 7.84. The fraction of sp³-hybridized carbons (Fsp3) is 0.333. The van der Waals surface area contributed by atoms with E-state index >= 15 is 0 Å². The summed E-state index contributed by atoms with van der Waals surface area (Å²) in [6, 6.07) is 27.8. The molecular formula is C39H43N6S+. The molecule has 1 aromatic heterocycles. The van der Waals surface area contributed by atoms with Crippen LogP contribution in [0.3, 0.4) is 0 Å². The van der Waals surface area contributed by atoms with Gasteiger partial charge in [-0.15, -0.1) is 5.10 Å². The Morgan fingerprint density at radius 1 is 0.826 bits per heavy atom. The first-order valence-corrected chi connectivity index (χ1v) is 17.2. The lowest BCUT2D eigenvalue weighted by molar-refractivity contribution is -0.404. The molecule has 6 nitrogen and oxygen atoms in total. The van der Waals surface area contributed by atoms with E-state index in [9.17, 15) is 0 Å². The predicted octanol–water partition coefficient (Wildman–Crippen LogP) is 8.92. The molecular weight excluding hydrogens is 585 g/mol. The third-order valence-electron chi connectivity index (χ3n) is 10.3. The summed E-state index contributed by atoms with van der Waals surface area (Å²) in [5.74, 6) is 0. The van der Waals surface area contributed by atoms with Gasteiger partial charge in [0.05, 0.1) is 11.1 Å². The van der Waals surface area contributed by atoms with Crippen molar-refractivity contribution in [1.29, 1.82) is 0 Å². The number of likely N-dealkylation sites (N-methyl/N-ethyl adjacent to an activating group) is 1. The van der Waals surface area contributed by atoms with Crippen LogP contribution in [0.2, 0.25) is 0 Å². The second-order valence-corrected chi connectivity index (χ2v) is 14.7. The van der Waals surface area contributed by atoms with E-state index in [1.54, 1.807) is 11.8 Å². The van der Waals surface area contributed by atoms with Gasteiger partial charge >= 0.3 is 0 Å². The van der Waals surface area contributed by atoms with E-state index in [2.05, 4.69) is 140 Å². The number of aromatic nitrogens is 4. The molecule has 1 aliphatic carbocycles. The number of para-hydroxylation sites is 3. The van der Waals surface area contributed by atoms with Crippen molar-refractivity contribution in [3.63, 3.8) is 0 Å². The molecule has 3 heterocycles. The Morgan fingerprint density at radius 2 is 1.54 bits per heavy atom. The third kappa shape index (κ3) is 5.15. The molecule has 46 heavy (non-hydrogen) atoms. The van der Waals surface area contributed by atoms with Gasteiger partial charge in [0.15, 0.2) is 5.71 Å². The number of thioether (sulfide) groups is 1. The molecule has 7 rings (SSSR count). The fourth-order valence-electron chi connectivity index (χ4n) is 7.79. The number of rotatable bonds is 7. The van der Waals surface area contributed by atoms with E-state index in [-0.39, 0.29) is 10.8 Å². The molecule has 7 heteroatoms. The Morgan fingerprint density at radius 3 is 2.30 bits per heavy atom. The molecule has 0 unspecified atom stereocenters. The number of hydrogen-bond donors (Lipinski definition) is 0. The number of benzene rings is 3. The molecule has 0 N–H and O–H groups in total. The van der Waals surface area contributed by atoms with Gasteiger partial charge in [-0.05, 0) is 97.1 Å². The molecule has 0 fully saturated rings. The maximum atomic E-state index is 4.52. The zero-order valence-corrected chi connectivity index (χ0v) is 28.6. The van der Waals surface area contributed by atoms with Crippen molar-refractivity contribution in [2.45, 2.75) is 75.8 Å². The summed E-state index contributed by atoms with van der Waals surface area (Å²) < 4.78 is 4.29. The van der Waals surface area contributed by atoms with E-state index in [0.717, 1.165) is 42.9 Å². The number of tetrazole rings is 1. The molecule has 0 atom stereocenters. The largest absolute Gasteiger partial charge is 0.347 e. The zero-order chi connectivity index (χ0) is 32.1. The predicted molar refractivity (Wildman–Crippen MR) is 189 cm³/mol. The smallest absolute Gasteiger partial charge is 0.218 e. The maximum Gasteiger partial charge on any atom is 0.218 e. The first-order valence-electron chi connectivity index (χ1n) is 16.4. The summed E-state index contributed by atoms with van der Waals surface area (Å²) in [6.07, 6.45) is 10.0. The van der Waals surface area contributed by atoms with Crippen LogP contribution in [-0.4, -0.2) is 44.6 Å². The summed E-state index contributed by atoms with van der Waals surface area (Å²) in [6.45, 7) is 9.42. The Balaban J connectivity index is 1.27. The van der Waals surface area contributed by atoms with Crippen LogP contribution < -0.4 is 4.90 Å². The van der Waals surface area contributed by atoms with Gasteiger partial charge in [-0.1, -0.05) is 80.1 Å². The van der Waals surface area contributed by atoms with Crippen molar-refractivity contribution in [2.75, 3.05) is 19.0 Å². The fourth-order valence-corrected chi connectivity index (χ4v) is 8.93. The number of fused-ring (bicyclic) bond motifs is 2. The van der Waals surface area contributed by atoms with Crippen LogP contribution in [0.25, 0.3) is 5.69 Å². The first-order chi connectivity index (χ1) is 22.2. The topological polar surface area (TPSA) is 49.9 Å². The van der Waals surface area contributed by atoms with Gasteiger partial charge in [-0.3, -0.25) is 0 Å². The molecule has 0 bridgehead atoms. The van der Waals surface area contributed by atoms with Crippen molar-refractivity contribution < 1.29 is 4.58 Å². The highest BCUT2D eigenvalue weighted by atomic mass is 32.2. The highest BCUT2D eigenvalue weighted by Crippen LogP contribution is 2.48. The number of anilines is 1. The summed E-state index contributed by atoms with van der Waals surface area (Å²) >= 11 is 1.72. The highest BCUT2D eigenvalue weighted by Gasteiger charge is 2.43. The van der Waals surface area contributed by atoms with Gasteiger partial charge in [-0.2, -0.15) is 4.68 Å². The number of allylic oxidation sites excluding steroid dienone is 5. The third-order valence-corrected chi connectivity index (χ3v) is 11.5. The minimum Gasteiger partial charge on any atom is -0.347 e. The van der Waals surface area contributed by atoms with Gasteiger partial charge in [0.25, 0.3) is 0 Å². The van der Waals surface area contributed by atoms with Crippen molar-refractivity contribution >= 4 is 28.8 Å². The Hall–Kier alpha value is -4.23. The standard InChI is InChI=1S/C39H43N6S/c1-38(2)30-19-10-12-21-32(30)43(5)34(38)25-23-27-15-14-16-28(24-26-35-39(3,4)31-20-11-13-22-33(31)44(35)6)36(27)46-37-40-41-42-45(37)29-17-8-7-9-18-29/h7-13,17-23,25H,14-16,24,26H2,1-6H3/q+1/b27-23+,34-25+. The number of nitrogens with zero attached hydrogens (tertiary/aromatic N) is 6. The zero-order valence-electron chi connectivity index (χ0n) is 27.8. The van der Waals surface area contributed by atoms with Gasteiger partial charge in [0, 0.05) is 46.8 Å². The normalized spacial score (nSPS) is 20.2. The summed E-state index contributed by atoms with van der Waals surface area (Å²) in [5, 5.41) is 13.8. The van der Waals surface area contributed by atoms with Crippen LogP contribution in [0.1, 0.15) is 70.9 Å². The highest BCUT2D eigenvalue weighted by molar-refractivity contribution is 8.03. The Labute approximate surface area is 277 Å². The Bertz CT molecular complexity index is 1920. The SMILES string of the molecule is CN1/C(=C/C=C2\CCCC(CCC3=[N+](C)c4ccccc4C3(C)C)=C2Sc2nnnn2-c2ccccc2)C(C)(C)c2ccccc21. The quantitative estimate of drug-likeness (QED) is 0.192. The van der Waals surface area contributed by atoms with Crippen LogP contribution in [0, 0.1) is 0 Å². The van der Waals surface area contributed by atoms with E-state index in [4.69, 9.17) is 0 Å². The van der Waals surface area contributed by atoms with Gasteiger partial charge in [-0.25, -0.2) is 4.58 Å². The molecule has 234 valence electrons. The minimum absolute atomic E-state index is 0.00200. The van der Waals surface area contributed by atoms with E-state index in [1.165, 1.54) is 50.0 Å². The molecule has 3 aliphatic rings. The lowest BCUT2D eigenvalue weighted by atomic mass is 9.79. The molecule has 0 amide bonds. The van der Waals surface area contributed by atoms with Gasteiger partial charge in [0.1, 0.15) is 7.05 Å². The van der Waals surface area contributed by atoms with E-state index in [0.29, 0.717) is 0 Å². The van der Waals surface area contributed by atoms with Crippen molar-refractivity contribution in [1.82, 2.24) is 20.2 Å². The van der Waals surface area contributed by atoms with Crippen molar-refractivity contribution in [2.24, 2.45) is 0 Å². The minimum atomic E-state index is -0.0708. The van der Waals surface area contributed by atoms with E-state index in [1.807, 2.05) is 22.9 Å². The van der Waals surface area contributed by atoms with Crippen LogP contribution in [0.5, 0.6) is 0 Å². The van der Waals surface area contributed by atoms with Gasteiger partial charge < -0.3 is 4.90 Å². The van der Waals surface area contributed by atoms with Gasteiger partial charge in [0.2, 0.25) is 10.8 Å². The lowest BCUT2D eigenvalue weighted by Gasteiger charge is -2.25. The molecule has 0 saturated carbocycles. The average molecular weight is 628 g/mol. The molecule has 4 aromatic rings. The second-order valence-electron chi connectivity index (χ2n) is 13.7. The summed E-state index contributed by atoms with van der Waals surface area (Å²) in [7, 11) is 4.43. The molecule has 0 saturated heterocycles. The van der Waals surface area contributed by atoms with E-state index < -0.39 is 0 Å².